The number of carbonyl (C=O) groups excluding carboxylic acids is 1. The van der Waals surface area contributed by atoms with E-state index in [-0.39, 0.29) is 17.0 Å². The summed E-state index contributed by atoms with van der Waals surface area (Å²) in [7, 11) is 0. The van der Waals surface area contributed by atoms with Crippen LogP contribution in [-0.2, 0) is 9.59 Å². The highest BCUT2D eigenvalue weighted by molar-refractivity contribution is 5.88. The lowest BCUT2D eigenvalue weighted by Gasteiger charge is -2.09. The Bertz CT molecular complexity index is 549. The highest BCUT2D eigenvalue weighted by Crippen LogP contribution is 2.15. The topological polar surface area (TPSA) is 75.6 Å². The molecular weight excluding hydrogens is 272 g/mol. The zero-order valence-electron chi connectivity index (χ0n) is 10.9. The smallest absolute Gasteiger partial charge is 0.333 e. The molecule has 0 unspecified atom stereocenters. The molecule has 0 aliphatic heterocycles. The Balaban J connectivity index is 2.60. The van der Waals surface area contributed by atoms with Gasteiger partial charge in [0, 0.05) is 23.9 Å². The number of carboxylic acid groups (broad SMARTS) is 1. The van der Waals surface area contributed by atoms with Crippen LogP contribution in [0, 0.1) is 11.6 Å². The molecule has 0 spiro atoms. The predicted molar refractivity (Wildman–Crippen MR) is 66.0 cm³/mol. The van der Waals surface area contributed by atoms with Gasteiger partial charge in [-0.15, -0.1) is 0 Å². The Morgan fingerprint density at radius 2 is 1.75 bits per heavy atom. The molecule has 0 atom stereocenters. The zero-order chi connectivity index (χ0) is 15.3. The molecule has 0 fully saturated rings. The first kappa shape index (κ1) is 15.6. The second-order valence-electron chi connectivity index (χ2n) is 4.00. The minimum atomic E-state index is -1.16. The summed E-state index contributed by atoms with van der Waals surface area (Å²) in [5.41, 5.74) is 0.145. The van der Waals surface area contributed by atoms with Crippen molar-refractivity contribution in [3.8, 4) is 5.75 Å². The van der Waals surface area contributed by atoms with Gasteiger partial charge >= 0.3 is 5.97 Å². The van der Waals surface area contributed by atoms with E-state index >= 15 is 0 Å². The first-order valence-corrected chi connectivity index (χ1v) is 5.59. The van der Waals surface area contributed by atoms with Crippen LogP contribution in [-0.4, -0.2) is 23.6 Å². The minimum Gasteiger partial charge on any atom is -0.484 e. The van der Waals surface area contributed by atoms with Crippen LogP contribution in [0.1, 0.15) is 13.8 Å². The molecule has 0 radical (unpaired) electrons. The van der Waals surface area contributed by atoms with E-state index in [1.165, 1.54) is 13.8 Å². The normalized spacial score (nSPS) is 11.6. The highest BCUT2D eigenvalue weighted by Gasteiger charge is 2.10. The average molecular weight is 285 g/mol. The molecule has 1 aromatic carbocycles. The van der Waals surface area contributed by atoms with Crippen LogP contribution in [0.15, 0.2) is 29.5 Å². The van der Waals surface area contributed by atoms with Crippen molar-refractivity contribution >= 4 is 11.9 Å². The molecule has 0 aromatic heterocycles. The van der Waals surface area contributed by atoms with Crippen LogP contribution in [0.25, 0.3) is 0 Å². The molecule has 7 heteroatoms. The number of halogens is 2. The summed E-state index contributed by atoms with van der Waals surface area (Å²) in [6.45, 7) is 2.26. The van der Waals surface area contributed by atoms with Gasteiger partial charge in [-0.2, -0.15) is 0 Å². The molecule has 1 aromatic rings. The molecule has 0 aliphatic rings. The van der Waals surface area contributed by atoms with Crippen LogP contribution in [0.4, 0.5) is 8.78 Å². The second-order valence-corrected chi connectivity index (χ2v) is 4.00. The molecule has 1 rings (SSSR count). The third-order valence-corrected chi connectivity index (χ3v) is 2.42. The van der Waals surface area contributed by atoms with E-state index in [9.17, 15) is 18.4 Å². The molecule has 0 saturated carbocycles. The molecular formula is C13H13F2NO4. The molecule has 1 amide bonds. The molecule has 0 saturated heterocycles. The SMILES string of the molecule is C/C(NC(=O)COc1cc(F)cc(F)c1)=C(\C)C(=O)O. The van der Waals surface area contributed by atoms with Crippen LogP contribution < -0.4 is 10.1 Å². The Kier molecular flexibility index (Phi) is 5.19. The molecule has 0 aliphatic carbocycles. The van der Waals surface area contributed by atoms with Gasteiger partial charge in [0.1, 0.15) is 17.4 Å². The number of rotatable bonds is 5. The van der Waals surface area contributed by atoms with Crippen molar-refractivity contribution in [3.05, 3.63) is 41.1 Å². The molecule has 5 nitrogen and oxygen atoms in total. The van der Waals surface area contributed by atoms with Gasteiger partial charge < -0.3 is 15.2 Å². The number of hydrogen-bond acceptors (Lipinski definition) is 3. The molecule has 20 heavy (non-hydrogen) atoms. The quantitative estimate of drug-likeness (QED) is 0.809. The zero-order valence-corrected chi connectivity index (χ0v) is 10.9. The van der Waals surface area contributed by atoms with Crippen molar-refractivity contribution in [2.45, 2.75) is 13.8 Å². The van der Waals surface area contributed by atoms with E-state index < -0.39 is 30.1 Å². The van der Waals surface area contributed by atoms with Gasteiger partial charge in [-0.1, -0.05) is 0 Å². The van der Waals surface area contributed by atoms with Gasteiger partial charge in [0.25, 0.3) is 5.91 Å². The number of nitrogens with one attached hydrogen (secondary N) is 1. The molecule has 0 bridgehead atoms. The van der Waals surface area contributed by atoms with Crippen LogP contribution in [0.3, 0.4) is 0 Å². The third kappa shape index (κ3) is 4.68. The average Bonchev–Trinajstić information content (AvgIpc) is 2.34. The van der Waals surface area contributed by atoms with Crippen LogP contribution in [0.5, 0.6) is 5.75 Å². The second kappa shape index (κ2) is 6.65. The summed E-state index contributed by atoms with van der Waals surface area (Å²) < 4.78 is 30.6. The van der Waals surface area contributed by atoms with Gasteiger partial charge in [-0.25, -0.2) is 13.6 Å². The maximum absolute atomic E-state index is 12.9. The van der Waals surface area contributed by atoms with Crippen molar-refractivity contribution in [2.75, 3.05) is 6.61 Å². The summed E-state index contributed by atoms with van der Waals surface area (Å²) in [5.74, 6) is -3.56. The number of hydrogen-bond donors (Lipinski definition) is 2. The van der Waals surface area contributed by atoms with Gasteiger partial charge in [0.15, 0.2) is 6.61 Å². The molecule has 2 N–H and O–H groups in total. The summed E-state index contributed by atoms with van der Waals surface area (Å²) in [6, 6.07) is 2.54. The maximum atomic E-state index is 12.9. The van der Waals surface area contributed by atoms with Crippen molar-refractivity contribution in [2.24, 2.45) is 0 Å². The minimum absolute atomic E-state index is 0.0184. The van der Waals surface area contributed by atoms with E-state index in [1.807, 2.05) is 0 Å². The van der Waals surface area contributed by atoms with Crippen LogP contribution >= 0.6 is 0 Å². The first-order chi connectivity index (χ1) is 9.29. The van der Waals surface area contributed by atoms with Gasteiger partial charge in [-0.05, 0) is 13.8 Å². The van der Waals surface area contributed by atoms with Crippen molar-refractivity contribution in [3.63, 3.8) is 0 Å². The summed E-state index contributed by atoms with van der Waals surface area (Å²) >= 11 is 0. The van der Waals surface area contributed by atoms with E-state index in [1.54, 1.807) is 0 Å². The number of amides is 1. The van der Waals surface area contributed by atoms with Crippen molar-refractivity contribution in [1.82, 2.24) is 5.32 Å². The van der Waals surface area contributed by atoms with Gasteiger partial charge in [0.2, 0.25) is 0 Å². The molecule has 108 valence electrons. The first-order valence-electron chi connectivity index (χ1n) is 5.59. The lowest BCUT2D eigenvalue weighted by Crippen LogP contribution is -2.28. The fourth-order valence-electron chi connectivity index (χ4n) is 1.26. The number of aliphatic carboxylic acids is 1. The fraction of sp³-hybridized carbons (Fsp3) is 0.231. The third-order valence-electron chi connectivity index (χ3n) is 2.42. The Morgan fingerprint density at radius 1 is 1.20 bits per heavy atom. The van der Waals surface area contributed by atoms with Crippen LogP contribution in [0.2, 0.25) is 0 Å². The number of benzene rings is 1. The van der Waals surface area contributed by atoms with Crippen molar-refractivity contribution in [1.29, 1.82) is 0 Å². The van der Waals surface area contributed by atoms with Crippen molar-refractivity contribution < 1.29 is 28.2 Å². The van der Waals surface area contributed by atoms with E-state index in [2.05, 4.69) is 5.32 Å². The summed E-state index contributed by atoms with van der Waals surface area (Å²) in [6.07, 6.45) is 0. The van der Waals surface area contributed by atoms with E-state index in [0.29, 0.717) is 6.07 Å². The van der Waals surface area contributed by atoms with E-state index in [0.717, 1.165) is 12.1 Å². The monoisotopic (exact) mass is 285 g/mol. The summed E-state index contributed by atoms with van der Waals surface area (Å²) in [5, 5.41) is 11.0. The standard InChI is InChI=1S/C13H13F2NO4/c1-7(13(18)19)8(2)16-12(17)6-20-11-4-9(14)3-10(15)5-11/h3-5H,6H2,1-2H3,(H,16,17)(H,18,19)/b8-7-. The lowest BCUT2D eigenvalue weighted by molar-refractivity contribution is -0.132. The number of allylic oxidation sites excluding steroid dienone is 1. The Hall–Kier alpha value is -2.44. The molecule has 0 heterocycles. The largest absolute Gasteiger partial charge is 0.484 e. The Morgan fingerprint density at radius 3 is 2.25 bits per heavy atom. The number of ether oxygens (including phenoxy) is 1. The highest BCUT2D eigenvalue weighted by atomic mass is 19.1. The lowest BCUT2D eigenvalue weighted by atomic mass is 10.2. The number of carbonyl (C=O) groups is 2. The van der Waals surface area contributed by atoms with E-state index in [4.69, 9.17) is 9.84 Å². The van der Waals surface area contributed by atoms with Gasteiger partial charge in [0.05, 0.1) is 5.57 Å². The maximum Gasteiger partial charge on any atom is 0.333 e. The summed E-state index contributed by atoms with van der Waals surface area (Å²) in [4.78, 5) is 22.1. The fourth-order valence-corrected chi connectivity index (χ4v) is 1.26. The predicted octanol–water partition coefficient (Wildman–Crippen LogP) is 1.84. The Labute approximate surface area is 113 Å². The van der Waals surface area contributed by atoms with Gasteiger partial charge in [-0.3, -0.25) is 4.79 Å². The number of carboxylic acids is 1.